The molecule has 0 aliphatic carbocycles. The molecular weight excluding hydrogens is 474 g/mol. The number of carbonyl (C=O) groups is 1. The summed E-state index contributed by atoms with van der Waals surface area (Å²) in [6, 6.07) is 9.50. The van der Waals surface area contributed by atoms with Gasteiger partial charge >= 0.3 is 0 Å². The van der Waals surface area contributed by atoms with Crippen molar-refractivity contribution in [2.45, 2.75) is 19.5 Å². The fourth-order valence-electron chi connectivity index (χ4n) is 3.73. The van der Waals surface area contributed by atoms with Crippen LogP contribution >= 0.6 is 39.7 Å². The molecule has 1 aliphatic rings. The lowest BCUT2D eigenvalue weighted by Gasteiger charge is -2.31. The maximum absolute atomic E-state index is 12.6. The summed E-state index contributed by atoms with van der Waals surface area (Å²) in [5.41, 5.74) is 2.10. The summed E-state index contributed by atoms with van der Waals surface area (Å²) < 4.78 is 5.77. The third-order valence-electron chi connectivity index (χ3n) is 5.39. The Kier molecular flexibility index (Phi) is 6.06. The van der Waals surface area contributed by atoms with Crippen LogP contribution in [0.25, 0.3) is 11.0 Å². The molecule has 1 saturated heterocycles. The highest BCUT2D eigenvalue weighted by Crippen LogP contribution is 2.24. The van der Waals surface area contributed by atoms with Gasteiger partial charge in [-0.05, 0) is 71.3 Å². The number of nitrogens with one attached hydrogen (secondary N) is 1. The van der Waals surface area contributed by atoms with Gasteiger partial charge in [0.1, 0.15) is 5.82 Å². The van der Waals surface area contributed by atoms with Crippen LogP contribution in [-0.2, 0) is 18.5 Å². The molecular formula is C20H21BrClN5OS. The second-order valence-electron chi connectivity index (χ2n) is 7.29. The highest BCUT2D eigenvalue weighted by atomic mass is 79.9. The van der Waals surface area contributed by atoms with E-state index in [1.165, 1.54) is 0 Å². The van der Waals surface area contributed by atoms with Gasteiger partial charge in [0.15, 0.2) is 4.77 Å². The summed E-state index contributed by atoms with van der Waals surface area (Å²) in [6.07, 6.45) is 3.29. The van der Waals surface area contributed by atoms with Crippen molar-refractivity contribution in [1.29, 1.82) is 0 Å². The molecule has 0 atom stereocenters. The van der Waals surface area contributed by atoms with Gasteiger partial charge in [0.05, 0.1) is 17.7 Å². The third kappa shape index (κ3) is 4.40. The van der Waals surface area contributed by atoms with Crippen molar-refractivity contribution < 1.29 is 4.79 Å². The molecule has 1 aromatic carbocycles. The molecule has 152 valence electrons. The third-order valence-corrected chi connectivity index (χ3v) is 6.58. The van der Waals surface area contributed by atoms with Gasteiger partial charge in [0.2, 0.25) is 5.91 Å². The monoisotopic (exact) mass is 493 g/mol. The van der Waals surface area contributed by atoms with Crippen LogP contribution in [0.15, 0.2) is 41.0 Å². The molecule has 1 amide bonds. The summed E-state index contributed by atoms with van der Waals surface area (Å²) in [5.74, 6) is 0.610. The molecule has 4 rings (SSSR count). The maximum atomic E-state index is 12.6. The molecule has 0 unspecified atom stereocenters. The van der Waals surface area contributed by atoms with E-state index in [1.807, 2.05) is 35.9 Å². The summed E-state index contributed by atoms with van der Waals surface area (Å²) in [7, 11) is 1.97. The van der Waals surface area contributed by atoms with Gasteiger partial charge in [0, 0.05) is 41.7 Å². The molecule has 1 fully saturated rings. The number of benzene rings is 1. The molecule has 1 N–H and O–H groups in total. The molecule has 9 heteroatoms. The van der Waals surface area contributed by atoms with Crippen LogP contribution in [0.1, 0.15) is 12.8 Å². The Labute approximate surface area is 187 Å². The number of halogens is 2. The Morgan fingerprint density at radius 3 is 2.72 bits per heavy atom. The van der Waals surface area contributed by atoms with Gasteiger partial charge < -0.3 is 14.5 Å². The van der Waals surface area contributed by atoms with Gasteiger partial charge in [-0.1, -0.05) is 11.6 Å². The molecule has 3 heterocycles. The number of amides is 1. The number of aromatic nitrogens is 3. The first kappa shape index (κ1) is 20.5. The topological polar surface area (TPSA) is 55.1 Å². The Bertz CT molecular complexity index is 1100. The molecule has 3 aromatic rings. The van der Waals surface area contributed by atoms with Crippen molar-refractivity contribution in [3.05, 3.63) is 50.8 Å². The number of likely N-dealkylation sites (tertiary alicyclic amines) is 1. The van der Waals surface area contributed by atoms with E-state index in [4.69, 9.17) is 23.8 Å². The fraction of sp³-hybridized carbons (Fsp3) is 0.350. The average Bonchev–Trinajstić information content (AvgIpc) is 2.94. The zero-order chi connectivity index (χ0) is 20.5. The minimum atomic E-state index is -0.00775. The summed E-state index contributed by atoms with van der Waals surface area (Å²) in [4.78, 5) is 19.1. The average molecular weight is 495 g/mol. The normalized spacial score (nSPS) is 15.7. The lowest BCUT2D eigenvalue weighted by atomic mass is 9.96. The number of nitrogens with zero attached hydrogens (tertiary/aromatic N) is 4. The van der Waals surface area contributed by atoms with E-state index in [2.05, 4.69) is 35.7 Å². The van der Waals surface area contributed by atoms with Crippen LogP contribution in [0.4, 0.5) is 5.82 Å². The summed E-state index contributed by atoms with van der Waals surface area (Å²) in [5, 5.41) is 3.61. The molecule has 1 aliphatic heterocycles. The van der Waals surface area contributed by atoms with Crippen molar-refractivity contribution >= 4 is 62.5 Å². The zero-order valence-electron chi connectivity index (χ0n) is 15.9. The van der Waals surface area contributed by atoms with Gasteiger partial charge in [0.25, 0.3) is 0 Å². The number of carbonyl (C=O) groups excluding carboxylic acids is 1. The number of pyridine rings is 1. The number of hydrogen-bond donors (Lipinski definition) is 1. The van der Waals surface area contributed by atoms with Crippen LogP contribution in [0.5, 0.6) is 0 Å². The Morgan fingerprint density at radius 2 is 2.03 bits per heavy atom. The van der Waals surface area contributed by atoms with Crippen LogP contribution in [-0.4, -0.2) is 38.0 Å². The number of aryl methyl sites for hydroxylation is 1. The minimum Gasteiger partial charge on any atom is -0.320 e. The number of piperidine rings is 1. The van der Waals surface area contributed by atoms with Crippen molar-refractivity contribution in [1.82, 2.24) is 19.0 Å². The highest BCUT2D eigenvalue weighted by Gasteiger charge is 2.26. The van der Waals surface area contributed by atoms with Crippen LogP contribution < -0.4 is 5.32 Å². The molecule has 0 radical (unpaired) electrons. The van der Waals surface area contributed by atoms with Gasteiger partial charge in [-0.2, -0.15) is 0 Å². The minimum absolute atomic E-state index is 0.00775. The first-order chi connectivity index (χ1) is 13.9. The van der Waals surface area contributed by atoms with E-state index in [0.29, 0.717) is 17.5 Å². The molecule has 29 heavy (non-hydrogen) atoms. The first-order valence-corrected chi connectivity index (χ1v) is 11.0. The smallest absolute Gasteiger partial charge is 0.228 e. The maximum Gasteiger partial charge on any atom is 0.228 e. The standard InChI is InChI=1S/C20H21BrClN5OS/c1-25-16-4-3-15(22)10-17(16)27(20(25)29)12-26-8-6-13(7-9-26)19(28)24-18-5-2-14(21)11-23-18/h2-5,10-11,13H,6-9,12H2,1H3,(H,23,24,28). The van der Waals surface area contributed by atoms with E-state index in [0.717, 1.165) is 46.2 Å². The Hall–Kier alpha value is -1.74. The predicted octanol–water partition coefficient (Wildman–Crippen LogP) is 4.83. The predicted molar refractivity (Wildman–Crippen MR) is 122 cm³/mol. The zero-order valence-corrected chi connectivity index (χ0v) is 19.1. The lowest BCUT2D eigenvalue weighted by Crippen LogP contribution is -2.39. The second-order valence-corrected chi connectivity index (χ2v) is 9.00. The van der Waals surface area contributed by atoms with Crippen LogP contribution in [0.2, 0.25) is 5.02 Å². The largest absolute Gasteiger partial charge is 0.320 e. The molecule has 6 nitrogen and oxygen atoms in total. The number of hydrogen-bond acceptors (Lipinski definition) is 4. The summed E-state index contributed by atoms with van der Waals surface area (Å²) >= 11 is 15.2. The van der Waals surface area contributed by atoms with E-state index < -0.39 is 0 Å². The Morgan fingerprint density at radius 1 is 1.28 bits per heavy atom. The van der Waals surface area contributed by atoms with E-state index in [1.54, 1.807) is 12.3 Å². The number of imidazole rings is 1. The quantitative estimate of drug-likeness (QED) is 0.528. The number of anilines is 1. The van der Waals surface area contributed by atoms with Crippen molar-refractivity contribution in [2.75, 3.05) is 18.4 Å². The van der Waals surface area contributed by atoms with Crippen molar-refractivity contribution in [2.24, 2.45) is 13.0 Å². The molecule has 0 saturated carbocycles. The van der Waals surface area contributed by atoms with Crippen molar-refractivity contribution in [3.63, 3.8) is 0 Å². The number of fused-ring (bicyclic) bond motifs is 1. The second kappa shape index (κ2) is 8.55. The molecule has 0 spiro atoms. The van der Waals surface area contributed by atoms with Crippen LogP contribution in [0, 0.1) is 10.7 Å². The SMILES string of the molecule is Cn1c(=S)n(CN2CCC(C(=O)Nc3ccc(Br)cn3)CC2)c2cc(Cl)ccc21. The van der Waals surface area contributed by atoms with E-state index in [9.17, 15) is 4.79 Å². The van der Waals surface area contributed by atoms with Gasteiger partial charge in [-0.25, -0.2) is 4.98 Å². The molecule has 2 aromatic heterocycles. The number of rotatable bonds is 4. The molecule has 0 bridgehead atoms. The van der Waals surface area contributed by atoms with Crippen LogP contribution in [0.3, 0.4) is 0 Å². The van der Waals surface area contributed by atoms with E-state index >= 15 is 0 Å². The van der Waals surface area contributed by atoms with Gasteiger partial charge in [-0.15, -0.1) is 0 Å². The summed E-state index contributed by atoms with van der Waals surface area (Å²) in [6.45, 7) is 2.37. The highest BCUT2D eigenvalue weighted by molar-refractivity contribution is 9.10. The lowest BCUT2D eigenvalue weighted by molar-refractivity contribution is -0.121. The van der Waals surface area contributed by atoms with E-state index in [-0.39, 0.29) is 11.8 Å². The van der Waals surface area contributed by atoms with Crippen molar-refractivity contribution in [3.8, 4) is 0 Å². The fourth-order valence-corrected chi connectivity index (χ4v) is 4.39. The first-order valence-electron chi connectivity index (χ1n) is 9.42. The Balaban J connectivity index is 1.40. The van der Waals surface area contributed by atoms with Gasteiger partial charge in [-0.3, -0.25) is 9.69 Å².